The van der Waals surface area contributed by atoms with E-state index in [2.05, 4.69) is 36.2 Å². The van der Waals surface area contributed by atoms with Gasteiger partial charge >= 0.3 is 0 Å². The zero-order valence-electron chi connectivity index (χ0n) is 15.1. The van der Waals surface area contributed by atoms with Crippen molar-refractivity contribution in [3.63, 3.8) is 0 Å². The summed E-state index contributed by atoms with van der Waals surface area (Å²) in [7, 11) is 0. The number of ketones is 1. The highest BCUT2D eigenvalue weighted by Crippen LogP contribution is 2.45. The normalized spacial score (nSPS) is 21.2. The summed E-state index contributed by atoms with van der Waals surface area (Å²) in [4.78, 5) is 17.6. The maximum absolute atomic E-state index is 13.0. The molecule has 26 heavy (non-hydrogen) atoms. The van der Waals surface area contributed by atoms with Crippen molar-refractivity contribution in [2.75, 3.05) is 11.1 Å². The number of hydrogen-bond donors (Lipinski definition) is 2. The molecular weight excluding hydrogens is 348 g/mol. The third-order valence-corrected chi connectivity index (χ3v) is 5.49. The maximum atomic E-state index is 13.0. The first-order chi connectivity index (χ1) is 12.4. The number of fused-ring (bicyclic) bond motifs is 1. The average Bonchev–Trinajstić information content (AvgIpc) is 2.94. The summed E-state index contributed by atoms with van der Waals surface area (Å²) < 4.78 is 1.78. The van der Waals surface area contributed by atoms with Gasteiger partial charge in [-0.1, -0.05) is 44.7 Å². The minimum absolute atomic E-state index is 0.0878. The van der Waals surface area contributed by atoms with Crippen LogP contribution in [-0.4, -0.2) is 31.4 Å². The summed E-state index contributed by atoms with van der Waals surface area (Å²) in [5.74, 6) is 1.83. The fourth-order valence-corrected chi connectivity index (χ4v) is 4.34. The standard InChI is InChI=1S/C19H22N4O2S/c1-4-26-18-21-17-20-13-9-19(2,3)10-14(25)15(13)16(23(17)22-18)11-6-5-7-12(24)8-11/h5-8,16,24H,4,9-10H2,1-3H3,(H,20,21,22). The first kappa shape index (κ1) is 17.1. The second kappa shape index (κ2) is 6.16. The van der Waals surface area contributed by atoms with Crippen LogP contribution in [0.4, 0.5) is 5.95 Å². The van der Waals surface area contributed by atoms with E-state index in [9.17, 15) is 9.90 Å². The van der Waals surface area contributed by atoms with Crippen LogP contribution in [0.1, 0.15) is 45.2 Å². The fraction of sp³-hybridized carbons (Fsp3) is 0.421. The summed E-state index contributed by atoms with van der Waals surface area (Å²) in [5, 5.41) is 18.6. The van der Waals surface area contributed by atoms with Gasteiger partial charge in [-0.25, -0.2) is 4.68 Å². The molecule has 4 rings (SSSR count). The van der Waals surface area contributed by atoms with Crippen molar-refractivity contribution < 1.29 is 9.90 Å². The molecule has 2 aromatic rings. The molecule has 1 aliphatic carbocycles. The van der Waals surface area contributed by atoms with E-state index in [-0.39, 0.29) is 23.0 Å². The van der Waals surface area contributed by atoms with E-state index < -0.39 is 0 Å². The number of carbonyl (C=O) groups is 1. The molecule has 136 valence electrons. The van der Waals surface area contributed by atoms with E-state index in [1.165, 1.54) is 0 Å². The number of hydrogen-bond acceptors (Lipinski definition) is 6. The molecule has 1 atom stereocenters. The molecule has 1 unspecified atom stereocenters. The van der Waals surface area contributed by atoms with Gasteiger partial charge in [0.05, 0.1) is 0 Å². The van der Waals surface area contributed by atoms with Crippen LogP contribution in [0.2, 0.25) is 0 Å². The Bertz CT molecular complexity index is 916. The Morgan fingerprint density at radius 3 is 2.92 bits per heavy atom. The van der Waals surface area contributed by atoms with Crippen molar-refractivity contribution in [2.24, 2.45) is 5.41 Å². The summed E-state index contributed by atoms with van der Waals surface area (Å²) >= 11 is 1.57. The van der Waals surface area contributed by atoms with Crippen LogP contribution in [-0.2, 0) is 4.79 Å². The topological polar surface area (TPSA) is 80.0 Å². The first-order valence-corrected chi connectivity index (χ1v) is 9.78. The number of nitrogens with one attached hydrogen (secondary N) is 1. The van der Waals surface area contributed by atoms with Crippen molar-refractivity contribution in [3.05, 3.63) is 41.1 Å². The molecule has 0 saturated carbocycles. The van der Waals surface area contributed by atoms with E-state index in [1.54, 1.807) is 34.6 Å². The molecule has 0 amide bonds. The molecule has 0 fully saturated rings. The van der Waals surface area contributed by atoms with Gasteiger partial charge < -0.3 is 10.4 Å². The number of Topliss-reactive ketones (excluding diaryl/α,β-unsaturated/α-hetero) is 1. The van der Waals surface area contributed by atoms with Crippen molar-refractivity contribution in [1.29, 1.82) is 0 Å². The SMILES string of the molecule is CCSc1nc2n(n1)C(c1cccc(O)c1)C1=C(CC(C)(C)CC1=O)N2. The monoisotopic (exact) mass is 370 g/mol. The lowest BCUT2D eigenvalue weighted by Gasteiger charge is -2.38. The zero-order chi connectivity index (χ0) is 18.5. The molecule has 2 heterocycles. The molecule has 1 aromatic carbocycles. The Balaban J connectivity index is 1.89. The van der Waals surface area contributed by atoms with Gasteiger partial charge in [0, 0.05) is 17.7 Å². The van der Waals surface area contributed by atoms with Crippen molar-refractivity contribution in [3.8, 4) is 5.75 Å². The summed E-state index contributed by atoms with van der Waals surface area (Å²) in [6.07, 6.45) is 1.29. The molecule has 7 heteroatoms. The molecule has 0 spiro atoms. The number of allylic oxidation sites excluding steroid dienone is 2. The molecule has 0 radical (unpaired) electrons. The Labute approximate surface area is 156 Å². The maximum Gasteiger partial charge on any atom is 0.227 e. The minimum Gasteiger partial charge on any atom is -0.508 e. The molecule has 1 aromatic heterocycles. The second-order valence-electron chi connectivity index (χ2n) is 7.55. The van der Waals surface area contributed by atoms with Gasteiger partial charge in [-0.3, -0.25) is 4.79 Å². The molecule has 6 nitrogen and oxygen atoms in total. The van der Waals surface area contributed by atoms with E-state index in [1.807, 2.05) is 6.07 Å². The number of anilines is 1. The van der Waals surface area contributed by atoms with Gasteiger partial charge in [0.25, 0.3) is 0 Å². The van der Waals surface area contributed by atoms with Crippen LogP contribution in [0, 0.1) is 5.41 Å². The lowest BCUT2D eigenvalue weighted by molar-refractivity contribution is -0.118. The van der Waals surface area contributed by atoms with Crippen molar-refractivity contribution in [1.82, 2.24) is 14.8 Å². The van der Waals surface area contributed by atoms with Crippen molar-refractivity contribution in [2.45, 2.75) is 44.8 Å². The lowest BCUT2D eigenvalue weighted by atomic mass is 9.73. The number of nitrogens with zero attached hydrogens (tertiary/aromatic N) is 3. The first-order valence-electron chi connectivity index (χ1n) is 8.79. The number of rotatable bonds is 3. The number of carbonyl (C=O) groups excluding carboxylic acids is 1. The predicted molar refractivity (Wildman–Crippen MR) is 101 cm³/mol. The fourth-order valence-electron chi connectivity index (χ4n) is 3.78. The minimum atomic E-state index is -0.365. The van der Waals surface area contributed by atoms with Gasteiger partial charge in [-0.2, -0.15) is 4.98 Å². The molecular formula is C19H22N4O2S. The molecule has 0 saturated heterocycles. The predicted octanol–water partition coefficient (Wildman–Crippen LogP) is 3.75. The number of phenolic OH excluding ortho intramolecular Hbond substituents is 1. The van der Waals surface area contributed by atoms with Crippen LogP contribution in [0.15, 0.2) is 40.7 Å². The molecule has 1 aliphatic heterocycles. The average molecular weight is 370 g/mol. The number of benzene rings is 1. The Morgan fingerprint density at radius 2 is 2.19 bits per heavy atom. The summed E-state index contributed by atoms with van der Waals surface area (Å²) in [6, 6.07) is 6.68. The third-order valence-electron chi connectivity index (χ3n) is 4.77. The van der Waals surface area contributed by atoms with Crippen LogP contribution in [0.3, 0.4) is 0 Å². The van der Waals surface area contributed by atoms with Crippen LogP contribution in [0.25, 0.3) is 0 Å². The zero-order valence-corrected chi connectivity index (χ0v) is 15.9. The highest BCUT2D eigenvalue weighted by molar-refractivity contribution is 7.99. The van der Waals surface area contributed by atoms with Gasteiger partial charge in [-0.15, -0.1) is 5.10 Å². The van der Waals surface area contributed by atoms with Gasteiger partial charge in [-0.05, 0) is 35.3 Å². The van der Waals surface area contributed by atoms with E-state index in [4.69, 9.17) is 0 Å². The van der Waals surface area contributed by atoms with E-state index in [0.29, 0.717) is 17.5 Å². The highest BCUT2D eigenvalue weighted by Gasteiger charge is 2.41. The van der Waals surface area contributed by atoms with Gasteiger partial charge in [0.1, 0.15) is 11.8 Å². The van der Waals surface area contributed by atoms with Crippen LogP contribution < -0.4 is 5.32 Å². The van der Waals surface area contributed by atoms with E-state index >= 15 is 0 Å². The Kier molecular flexibility index (Phi) is 4.06. The molecule has 0 bridgehead atoms. The quantitative estimate of drug-likeness (QED) is 0.801. The Hall–Kier alpha value is -2.28. The number of aromatic nitrogens is 3. The van der Waals surface area contributed by atoms with E-state index in [0.717, 1.165) is 29.0 Å². The van der Waals surface area contributed by atoms with Gasteiger partial charge in [0.15, 0.2) is 5.78 Å². The summed E-state index contributed by atoms with van der Waals surface area (Å²) in [5.41, 5.74) is 2.41. The Morgan fingerprint density at radius 1 is 1.38 bits per heavy atom. The molecule has 2 aliphatic rings. The second-order valence-corrected chi connectivity index (χ2v) is 8.78. The summed E-state index contributed by atoms with van der Waals surface area (Å²) in [6.45, 7) is 6.27. The third kappa shape index (κ3) is 2.90. The number of thioether (sulfide) groups is 1. The number of aromatic hydroxyl groups is 1. The lowest BCUT2D eigenvalue weighted by Crippen LogP contribution is -2.36. The highest BCUT2D eigenvalue weighted by atomic mass is 32.2. The molecule has 2 N–H and O–H groups in total. The van der Waals surface area contributed by atoms with Crippen molar-refractivity contribution >= 4 is 23.5 Å². The smallest absolute Gasteiger partial charge is 0.227 e. The largest absolute Gasteiger partial charge is 0.508 e. The van der Waals surface area contributed by atoms with Gasteiger partial charge in [0.2, 0.25) is 11.1 Å². The number of phenols is 1. The van der Waals surface area contributed by atoms with Crippen LogP contribution in [0.5, 0.6) is 5.75 Å². The van der Waals surface area contributed by atoms with Crippen LogP contribution >= 0.6 is 11.8 Å².